The molecule has 0 radical (unpaired) electrons. The van der Waals surface area contributed by atoms with Gasteiger partial charge in [0.15, 0.2) is 5.82 Å². The summed E-state index contributed by atoms with van der Waals surface area (Å²) in [5.74, 6) is -0.00948. The summed E-state index contributed by atoms with van der Waals surface area (Å²) in [4.78, 5) is 17.8. The van der Waals surface area contributed by atoms with Gasteiger partial charge in [0.05, 0.1) is 10.6 Å². The van der Waals surface area contributed by atoms with E-state index in [0.29, 0.717) is 24.6 Å². The first-order valence-electron chi connectivity index (χ1n) is 11.5. The molecule has 9 heteroatoms. The molecule has 0 atom stereocenters. The number of anilines is 1. The van der Waals surface area contributed by atoms with Gasteiger partial charge in [-0.1, -0.05) is 61.0 Å². The number of nitrogens with one attached hydrogen (secondary N) is 1. The lowest BCUT2D eigenvalue weighted by Gasteiger charge is -2.26. The van der Waals surface area contributed by atoms with Crippen LogP contribution in [-0.4, -0.2) is 46.5 Å². The normalized spacial score (nSPS) is 14.5. The van der Waals surface area contributed by atoms with Crippen LogP contribution >= 0.6 is 0 Å². The standard InChI is InChI=1S/C26H25N5O3S/c32-26(27-21-13-10-16-23(19-21)35(33,34)30-17-8-3-9-18-30)24-28-25(20-11-4-1-5-12-20)31(29-24)22-14-6-2-7-15-22/h1-2,4-7,10-16,19H,3,8-9,17-18H2,(H,27,32). The predicted molar refractivity (Wildman–Crippen MR) is 134 cm³/mol. The maximum Gasteiger partial charge on any atom is 0.295 e. The van der Waals surface area contributed by atoms with E-state index in [2.05, 4.69) is 15.4 Å². The van der Waals surface area contributed by atoms with E-state index in [9.17, 15) is 13.2 Å². The average Bonchev–Trinajstić information content (AvgIpc) is 3.36. The molecule has 1 aliphatic rings. The highest BCUT2D eigenvalue weighted by Gasteiger charge is 2.26. The van der Waals surface area contributed by atoms with Crippen LogP contribution in [-0.2, 0) is 10.0 Å². The lowest BCUT2D eigenvalue weighted by Crippen LogP contribution is -2.35. The zero-order chi connectivity index (χ0) is 24.3. The number of benzene rings is 3. The maximum absolute atomic E-state index is 13.1. The molecule has 2 heterocycles. The SMILES string of the molecule is O=C(Nc1cccc(S(=O)(=O)N2CCCCC2)c1)c1nc(-c2ccccc2)n(-c2ccccc2)n1. The Morgan fingerprint density at radius 2 is 1.51 bits per heavy atom. The molecule has 1 fully saturated rings. The van der Waals surface area contributed by atoms with Gasteiger partial charge in [-0.15, -0.1) is 5.10 Å². The molecule has 8 nitrogen and oxygen atoms in total. The molecule has 0 unspecified atom stereocenters. The van der Waals surface area contributed by atoms with Gasteiger partial charge in [-0.3, -0.25) is 4.79 Å². The first-order valence-corrected chi connectivity index (χ1v) is 13.0. The van der Waals surface area contributed by atoms with Gasteiger partial charge < -0.3 is 5.32 Å². The molecule has 0 bridgehead atoms. The van der Waals surface area contributed by atoms with Gasteiger partial charge in [0.25, 0.3) is 5.91 Å². The zero-order valence-corrected chi connectivity index (χ0v) is 19.9. The monoisotopic (exact) mass is 487 g/mol. The Morgan fingerprint density at radius 3 is 2.23 bits per heavy atom. The predicted octanol–water partition coefficient (Wildman–Crippen LogP) is 4.36. The van der Waals surface area contributed by atoms with Crippen LogP contribution in [0.15, 0.2) is 89.8 Å². The zero-order valence-electron chi connectivity index (χ0n) is 19.0. The van der Waals surface area contributed by atoms with E-state index < -0.39 is 15.9 Å². The molecule has 3 aromatic carbocycles. The van der Waals surface area contributed by atoms with Gasteiger partial charge in [0.2, 0.25) is 15.8 Å². The highest BCUT2D eigenvalue weighted by molar-refractivity contribution is 7.89. The van der Waals surface area contributed by atoms with Crippen LogP contribution in [0.25, 0.3) is 17.1 Å². The molecule has 178 valence electrons. The molecule has 1 N–H and O–H groups in total. The van der Waals surface area contributed by atoms with Crippen molar-refractivity contribution >= 4 is 21.6 Å². The average molecular weight is 488 g/mol. The third-order valence-electron chi connectivity index (χ3n) is 5.89. The Morgan fingerprint density at radius 1 is 0.829 bits per heavy atom. The summed E-state index contributed by atoms with van der Waals surface area (Å²) < 4.78 is 29.2. The molecule has 0 aliphatic carbocycles. The summed E-state index contributed by atoms with van der Waals surface area (Å²) in [7, 11) is -3.61. The second kappa shape index (κ2) is 9.81. The largest absolute Gasteiger partial charge is 0.319 e. The first-order chi connectivity index (χ1) is 17.0. The van der Waals surface area contributed by atoms with Crippen LogP contribution in [0.3, 0.4) is 0 Å². The van der Waals surface area contributed by atoms with Gasteiger partial charge in [-0.25, -0.2) is 18.1 Å². The van der Waals surface area contributed by atoms with E-state index >= 15 is 0 Å². The molecule has 35 heavy (non-hydrogen) atoms. The Bertz CT molecular complexity index is 1370. The van der Waals surface area contributed by atoms with Crippen molar-refractivity contribution in [3.05, 3.63) is 90.8 Å². The topological polar surface area (TPSA) is 97.2 Å². The lowest BCUT2D eigenvalue weighted by molar-refractivity contribution is 0.101. The van der Waals surface area contributed by atoms with Gasteiger partial charge in [-0.2, -0.15) is 4.31 Å². The van der Waals surface area contributed by atoms with E-state index in [4.69, 9.17) is 0 Å². The Kier molecular flexibility index (Phi) is 6.43. The number of amides is 1. The fourth-order valence-corrected chi connectivity index (χ4v) is 5.67. The van der Waals surface area contributed by atoms with Crippen molar-refractivity contribution in [1.29, 1.82) is 0 Å². The van der Waals surface area contributed by atoms with Gasteiger partial charge in [0, 0.05) is 24.3 Å². The highest BCUT2D eigenvalue weighted by atomic mass is 32.2. The van der Waals surface area contributed by atoms with E-state index in [0.717, 1.165) is 30.5 Å². The molecular formula is C26H25N5O3S. The lowest BCUT2D eigenvalue weighted by atomic mass is 10.2. The van der Waals surface area contributed by atoms with Crippen LogP contribution in [0.4, 0.5) is 5.69 Å². The summed E-state index contributed by atoms with van der Waals surface area (Å²) in [6.07, 6.45) is 2.75. The van der Waals surface area contributed by atoms with E-state index in [1.54, 1.807) is 22.9 Å². The summed E-state index contributed by atoms with van der Waals surface area (Å²) in [5.41, 5.74) is 1.95. The summed E-state index contributed by atoms with van der Waals surface area (Å²) in [6, 6.07) is 25.3. The number of carbonyl (C=O) groups excluding carboxylic acids is 1. The van der Waals surface area contributed by atoms with Crippen LogP contribution in [0, 0.1) is 0 Å². The molecule has 1 aliphatic heterocycles. The molecular weight excluding hydrogens is 462 g/mol. The van der Waals surface area contributed by atoms with Crippen molar-refractivity contribution < 1.29 is 13.2 Å². The fraction of sp³-hybridized carbons (Fsp3) is 0.192. The molecule has 5 rings (SSSR count). The number of rotatable bonds is 6. The maximum atomic E-state index is 13.1. The minimum absolute atomic E-state index is 0.0167. The molecule has 0 saturated carbocycles. The minimum Gasteiger partial charge on any atom is -0.319 e. The van der Waals surface area contributed by atoms with E-state index in [1.807, 2.05) is 60.7 Å². The Hall–Kier alpha value is -3.82. The number of para-hydroxylation sites is 1. The molecule has 1 saturated heterocycles. The third kappa shape index (κ3) is 4.87. The van der Waals surface area contributed by atoms with Crippen molar-refractivity contribution in [3.8, 4) is 17.1 Å². The first kappa shape index (κ1) is 22.9. The smallest absolute Gasteiger partial charge is 0.295 e. The Labute approximate surface area is 204 Å². The summed E-state index contributed by atoms with van der Waals surface area (Å²) in [6.45, 7) is 1.03. The molecule has 1 aromatic heterocycles. The van der Waals surface area contributed by atoms with Crippen LogP contribution < -0.4 is 5.32 Å². The quantitative estimate of drug-likeness (QED) is 0.436. The van der Waals surface area contributed by atoms with Crippen LogP contribution in [0.5, 0.6) is 0 Å². The second-order valence-electron chi connectivity index (χ2n) is 8.32. The summed E-state index contributed by atoms with van der Waals surface area (Å²) >= 11 is 0. The van der Waals surface area contributed by atoms with Crippen LogP contribution in [0.1, 0.15) is 29.9 Å². The third-order valence-corrected chi connectivity index (χ3v) is 7.78. The highest BCUT2D eigenvalue weighted by Crippen LogP contribution is 2.24. The summed E-state index contributed by atoms with van der Waals surface area (Å²) in [5, 5.41) is 7.22. The van der Waals surface area contributed by atoms with Crippen molar-refractivity contribution in [2.45, 2.75) is 24.2 Å². The second-order valence-corrected chi connectivity index (χ2v) is 10.3. The number of sulfonamides is 1. The molecule has 4 aromatic rings. The number of piperidine rings is 1. The van der Waals surface area contributed by atoms with Gasteiger partial charge >= 0.3 is 0 Å². The number of carbonyl (C=O) groups is 1. The molecule has 0 spiro atoms. The van der Waals surface area contributed by atoms with E-state index in [-0.39, 0.29) is 10.7 Å². The number of hydrogen-bond donors (Lipinski definition) is 1. The van der Waals surface area contributed by atoms with Crippen molar-refractivity contribution in [1.82, 2.24) is 19.1 Å². The van der Waals surface area contributed by atoms with Gasteiger partial charge in [0.1, 0.15) is 0 Å². The number of aromatic nitrogens is 3. The van der Waals surface area contributed by atoms with Crippen LogP contribution in [0.2, 0.25) is 0 Å². The van der Waals surface area contributed by atoms with Crippen molar-refractivity contribution in [3.63, 3.8) is 0 Å². The number of nitrogens with zero attached hydrogens (tertiary/aromatic N) is 4. The minimum atomic E-state index is -3.61. The van der Waals surface area contributed by atoms with Gasteiger partial charge in [-0.05, 0) is 43.2 Å². The van der Waals surface area contributed by atoms with Crippen molar-refractivity contribution in [2.24, 2.45) is 0 Å². The Balaban J connectivity index is 1.44. The van der Waals surface area contributed by atoms with Crippen molar-refractivity contribution in [2.75, 3.05) is 18.4 Å². The molecule has 1 amide bonds. The van der Waals surface area contributed by atoms with E-state index in [1.165, 1.54) is 10.4 Å². The number of hydrogen-bond acceptors (Lipinski definition) is 5. The fourth-order valence-electron chi connectivity index (χ4n) is 4.11.